The Kier molecular flexibility index (Phi) is 11.0. The maximum absolute atomic E-state index is 9.46. The molecule has 3 N–H and O–H groups in total. The fourth-order valence-electron chi connectivity index (χ4n) is 3.54. The molecule has 0 aromatic carbocycles. The molecule has 1 aliphatic rings. The molecule has 144 valence electrons. The molecule has 1 atom stereocenters. The summed E-state index contributed by atoms with van der Waals surface area (Å²) in [6.07, 6.45) is 7.14. The average molecular weight is 479 g/mol. The molecule has 1 aromatic heterocycles. The monoisotopic (exact) mass is 479 g/mol. The normalized spacial score (nSPS) is 18.3. The van der Waals surface area contributed by atoms with Crippen LogP contribution in [0.2, 0.25) is 0 Å². The summed E-state index contributed by atoms with van der Waals surface area (Å²) in [4.78, 5) is 6.27. The predicted molar refractivity (Wildman–Crippen MR) is 119 cm³/mol. The number of nitrogens with one attached hydrogen (secondary N) is 2. The van der Waals surface area contributed by atoms with Crippen molar-refractivity contribution < 1.29 is 5.11 Å². The van der Waals surface area contributed by atoms with Crippen LogP contribution in [0.25, 0.3) is 0 Å². The molecule has 0 bridgehead atoms. The minimum absolute atomic E-state index is 0. The molecular weight excluding hydrogens is 445 g/mol. The lowest BCUT2D eigenvalue weighted by Crippen LogP contribution is -2.40. The van der Waals surface area contributed by atoms with E-state index in [4.69, 9.17) is 4.99 Å². The number of aliphatic hydroxyl groups excluding tert-OH is 1. The Hall–Kier alpha value is -0.340. The SMILES string of the molecule is CCNC(=NCC1(CCO)CCCCC1)NCC(C)c1cccs1.I. The van der Waals surface area contributed by atoms with Crippen LogP contribution in [0.3, 0.4) is 0 Å². The number of halogens is 1. The molecule has 0 saturated heterocycles. The van der Waals surface area contributed by atoms with Gasteiger partial charge in [-0.15, -0.1) is 35.3 Å². The Bertz CT molecular complexity index is 481. The number of hydrogen-bond donors (Lipinski definition) is 3. The Morgan fingerprint density at radius 1 is 1.32 bits per heavy atom. The lowest BCUT2D eigenvalue weighted by atomic mass is 9.72. The fraction of sp³-hybridized carbons (Fsp3) is 0.737. The molecule has 1 aromatic rings. The maximum atomic E-state index is 9.46. The lowest BCUT2D eigenvalue weighted by molar-refractivity contribution is 0.137. The molecule has 0 spiro atoms. The molecule has 6 heteroatoms. The molecule has 2 rings (SSSR count). The van der Waals surface area contributed by atoms with E-state index in [1.54, 1.807) is 0 Å². The van der Waals surface area contributed by atoms with Crippen LogP contribution in [-0.4, -0.2) is 37.3 Å². The Morgan fingerprint density at radius 3 is 2.68 bits per heavy atom. The van der Waals surface area contributed by atoms with Crippen molar-refractivity contribution in [2.45, 2.75) is 58.3 Å². The molecule has 25 heavy (non-hydrogen) atoms. The van der Waals surface area contributed by atoms with Gasteiger partial charge in [-0.2, -0.15) is 0 Å². The van der Waals surface area contributed by atoms with Crippen molar-refractivity contribution in [2.75, 3.05) is 26.2 Å². The molecule has 0 aliphatic heterocycles. The van der Waals surface area contributed by atoms with Gasteiger partial charge in [-0.05, 0) is 43.0 Å². The van der Waals surface area contributed by atoms with Crippen molar-refractivity contribution in [1.29, 1.82) is 0 Å². The van der Waals surface area contributed by atoms with Gasteiger partial charge in [-0.3, -0.25) is 4.99 Å². The average Bonchev–Trinajstić information content (AvgIpc) is 3.13. The van der Waals surface area contributed by atoms with Crippen LogP contribution in [0.4, 0.5) is 0 Å². The largest absolute Gasteiger partial charge is 0.396 e. The molecule has 1 fully saturated rings. The van der Waals surface area contributed by atoms with Gasteiger partial charge in [-0.25, -0.2) is 0 Å². The molecule has 1 unspecified atom stereocenters. The quantitative estimate of drug-likeness (QED) is 0.295. The summed E-state index contributed by atoms with van der Waals surface area (Å²) in [6.45, 7) is 7.19. The van der Waals surface area contributed by atoms with Gasteiger partial charge in [0.2, 0.25) is 0 Å². The van der Waals surface area contributed by atoms with Crippen molar-refractivity contribution in [3.8, 4) is 0 Å². The number of aliphatic imine (C=N–C) groups is 1. The number of aliphatic hydroxyl groups is 1. The van der Waals surface area contributed by atoms with Crippen LogP contribution in [0.1, 0.15) is 63.2 Å². The van der Waals surface area contributed by atoms with Gasteiger partial charge in [-0.1, -0.05) is 32.3 Å². The van der Waals surface area contributed by atoms with E-state index in [0.717, 1.165) is 32.0 Å². The number of guanidine groups is 1. The number of nitrogens with zero attached hydrogens (tertiary/aromatic N) is 1. The smallest absolute Gasteiger partial charge is 0.191 e. The first kappa shape index (κ1) is 22.7. The first-order valence-electron chi connectivity index (χ1n) is 9.35. The van der Waals surface area contributed by atoms with Crippen LogP contribution in [0, 0.1) is 5.41 Å². The fourth-order valence-corrected chi connectivity index (χ4v) is 4.32. The van der Waals surface area contributed by atoms with Crippen LogP contribution in [0.15, 0.2) is 22.5 Å². The highest BCUT2D eigenvalue weighted by Gasteiger charge is 2.31. The Morgan fingerprint density at radius 2 is 2.08 bits per heavy atom. The zero-order valence-electron chi connectivity index (χ0n) is 15.6. The first-order valence-corrected chi connectivity index (χ1v) is 10.2. The van der Waals surface area contributed by atoms with Crippen LogP contribution in [0.5, 0.6) is 0 Å². The molecule has 0 amide bonds. The summed E-state index contributed by atoms with van der Waals surface area (Å²) < 4.78 is 0. The summed E-state index contributed by atoms with van der Waals surface area (Å²) in [6, 6.07) is 4.30. The maximum Gasteiger partial charge on any atom is 0.191 e. The highest BCUT2D eigenvalue weighted by molar-refractivity contribution is 14.0. The minimum Gasteiger partial charge on any atom is -0.396 e. The number of thiophene rings is 1. The second-order valence-corrected chi connectivity index (χ2v) is 8.01. The second kappa shape index (κ2) is 12.1. The third-order valence-electron chi connectivity index (χ3n) is 5.08. The lowest BCUT2D eigenvalue weighted by Gasteiger charge is -2.35. The third kappa shape index (κ3) is 7.43. The first-order chi connectivity index (χ1) is 11.7. The summed E-state index contributed by atoms with van der Waals surface area (Å²) >= 11 is 1.81. The highest BCUT2D eigenvalue weighted by Crippen LogP contribution is 2.39. The second-order valence-electron chi connectivity index (χ2n) is 7.03. The van der Waals surface area contributed by atoms with Crippen molar-refractivity contribution in [3.63, 3.8) is 0 Å². The van der Waals surface area contributed by atoms with Gasteiger partial charge in [0.25, 0.3) is 0 Å². The standard InChI is InChI=1S/C19H33N3OS.HI/c1-3-20-18(21-14-16(2)17-8-7-13-24-17)22-15-19(11-12-23)9-5-4-6-10-19;/h7-8,13,16,23H,3-6,9-12,14-15H2,1-2H3,(H2,20,21,22);1H. The van der Waals surface area contributed by atoms with E-state index in [9.17, 15) is 5.11 Å². The van der Waals surface area contributed by atoms with Gasteiger partial charge in [0, 0.05) is 37.0 Å². The molecule has 1 aliphatic carbocycles. The van der Waals surface area contributed by atoms with E-state index >= 15 is 0 Å². The van der Waals surface area contributed by atoms with Crippen LogP contribution in [-0.2, 0) is 0 Å². The Labute approximate surface area is 173 Å². The highest BCUT2D eigenvalue weighted by atomic mass is 127. The van der Waals surface area contributed by atoms with Gasteiger partial charge < -0.3 is 15.7 Å². The van der Waals surface area contributed by atoms with Gasteiger partial charge in [0.05, 0.1) is 0 Å². The third-order valence-corrected chi connectivity index (χ3v) is 6.18. The van der Waals surface area contributed by atoms with E-state index in [0.29, 0.717) is 5.92 Å². The molecular formula is C19H34IN3OS. The summed E-state index contributed by atoms with van der Waals surface area (Å²) in [5.41, 5.74) is 0.203. The minimum atomic E-state index is 0. The molecule has 4 nitrogen and oxygen atoms in total. The van der Waals surface area contributed by atoms with Crippen molar-refractivity contribution in [3.05, 3.63) is 22.4 Å². The van der Waals surface area contributed by atoms with E-state index in [1.807, 2.05) is 11.3 Å². The van der Waals surface area contributed by atoms with Crippen molar-refractivity contribution >= 4 is 41.3 Å². The van der Waals surface area contributed by atoms with Gasteiger partial charge in [0.15, 0.2) is 5.96 Å². The van der Waals surface area contributed by atoms with E-state index in [2.05, 4.69) is 42.0 Å². The van der Waals surface area contributed by atoms with Crippen LogP contribution >= 0.6 is 35.3 Å². The number of rotatable bonds is 8. The van der Waals surface area contributed by atoms with Crippen molar-refractivity contribution in [1.82, 2.24) is 10.6 Å². The number of hydrogen-bond acceptors (Lipinski definition) is 3. The van der Waals surface area contributed by atoms with Gasteiger partial charge in [0.1, 0.15) is 0 Å². The molecule has 1 heterocycles. The van der Waals surface area contributed by atoms with Crippen LogP contribution < -0.4 is 10.6 Å². The van der Waals surface area contributed by atoms with E-state index in [1.165, 1.54) is 37.0 Å². The van der Waals surface area contributed by atoms with E-state index < -0.39 is 0 Å². The summed E-state index contributed by atoms with van der Waals surface area (Å²) in [5.74, 6) is 1.39. The zero-order valence-corrected chi connectivity index (χ0v) is 18.7. The summed E-state index contributed by atoms with van der Waals surface area (Å²) in [7, 11) is 0. The predicted octanol–water partition coefficient (Wildman–Crippen LogP) is 4.36. The topological polar surface area (TPSA) is 56.7 Å². The zero-order chi connectivity index (χ0) is 17.3. The summed E-state index contributed by atoms with van der Waals surface area (Å²) in [5, 5.41) is 18.4. The molecule has 1 saturated carbocycles. The van der Waals surface area contributed by atoms with Gasteiger partial charge >= 0.3 is 0 Å². The van der Waals surface area contributed by atoms with Crippen molar-refractivity contribution in [2.24, 2.45) is 10.4 Å². The molecule has 0 radical (unpaired) electrons. The van der Waals surface area contributed by atoms with E-state index in [-0.39, 0.29) is 36.0 Å². The Balaban J connectivity index is 0.00000312.